The van der Waals surface area contributed by atoms with Crippen molar-refractivity contribution in [1.82, 2.24) is 4.90 Å². The number of rotatable bonds is 6. The summed E-state index contributed by atoms with van der Waals surface area (Å²) in [5, 5.41) is 11.8. The maximum Gasteiger partial charge on any atom is 0.311 e. The van der Waals surface area contributed by atoms with Crippen molar-refractivity contribution >= 4 is 35.2 Å². The summed E-state index contributed by atoms with van der Waals surface area (Å²) in [6.45, 7) is 2.03. The van der Waals surface area contributed by atoms with Crippen LogP contribution in [-0.4, -0.2) is 54.8 Å². The Morgan fingerprint density at radius 2 is 1.93 bits per heavy atom. The maximum absolute atomic E-state index is 12.4. The summed E-state index contributed by atoms with van der Waals surface area (Å²) >= 11 is 6.02. The predicted molar refractivity (Wildman–Crippen MR) is 104 cm³/mol. The van der Waals surface area contributed by atoms with Crippen LogP contribution in [0.2, 0.25) is 5.02 Å². The van der Waals surface area contributed by atoms with Crippen molar-refractivity contribution in [3.63, 3.8) is 0 Å². The minimum atomic E-state index is -0.642. The Kier molecular flexibility index (Phi) is 6.10. The van der Waals surface area contributed by atoms with E-state index in [2.05, 4.69) is 4.90 Å². The van der Waals surface area contributed by atoms with Crippen molar-refractivity contribution in [2.24, 2.45) is 0 Å². The van der Waals surface area contributed by atoms with E-state index < -0.39 is 4.92 Å². The third-order valence-corrected chi connectivity index (χ3v) is 4.71. The first-order valence-electron chi connectivity index (χ1n) is 8.62. The molecule has 0 aliphatic carbocycles. The van der Waals surface area contributed by atoms with Gasteiger partial charge in [-0.15, -0.1) is 0 Å². The van der Waals surface area contributed by atoms with Crippen molar-refractivity contribution in [3.05, 3.63) is 63.2 Å². The maximum atomic E-state index is 12.4. The zero-order valence-corrected chi connectivity index (χ0v) is 15.7. The molecule has 0 unspecified atom stereocenters. The fraction of sp³-hybridized carbons (Fsp3) is 0.263. The number of benzene rings is 2. The molecule has 0 bridgehead atoms. The molecule has 0 atom stereocenters. The van der Waals surface area contributed by atoms with Gasteiger partial charge in [0.05, 0.1) is 4.92 Å². The van der Waals surface area contributed by atoms with E-state index in [1.165, 1.54) is 12.1 Å². The van der Waals surface area contributed by atoms with Gasteiger partial charge in [0.1, 0.15) is 6.29 Å². The van der Waals surface area contributed by atoms with E-state index in [9.17, 15) is 19.7 Å². The van der Waals surface area contributed by atoms with Gasteiger partial charge < -0.3 is 14.5 Å². The number of carbonyl (C=O) groups excluding carboxylic acids is 2. The Balaban J connectivity index is 1.57. The number of aldehydes is 1. The van der Waals surface area contributed by atoms with Crippen LogP contribution in [0.15, 0.2) is 42.5 Å². The molecule has 1 amide bonds. The highest BCUT2D eigenvalue weighted by molar-refractivity contribution is 6.30. The lowest BCUT2D eigenvalue weighted by Crippen LogP contribution is -2.50. The summed E-state index contributed by atoms with van der Waals surface area (Å²) in [4.78, 5) is 37.5. The largest absolute Gasteiger partial charge is 0.477 e. The van der Waals surface area contributed by atoms with E-state index >= 15 is 0 Å². The molecule has 1 aliphatic rings. The summed E-state index contributed by atoms with van der Waals surface area (Å²) in [6.07, 6.45) is 0.515. The van der Waals surface area contributed by atoms with Crippen LogP contribution in [0.25, 0.3) is 0 Å². The molecule has 146 valence electrons. The Hall–Kier alpha value is -3.13. The van der Waals surface area contributed by atoms with Crippen LogP contribution in [0.5, 0.6) is 5.75 Å². The van der Waals surface area contributed by atoms with Crippen LogP contribution in [0.1, 0.15) is 10.4 Å². The average Bonchev–Trinajstić information content (AvgIpc) is 2.72. The highest BCUT2D eigenvalue weighted by atomic mass is 35.5. The fourth-order valence-electron chi connectivity index (χ4n) is 2.99. The van der Waals surface area contributed by atoms with Gasteiger partial charge in [-0.1, -0.05) is 17.7 Å². The van der Waals surface area contributed by atoms with E-state index in [1.54, 1.807) is 4.90 Å². The molecule has 0 N–H and O–H groups in total. The molecule has 1 fully saturated rings. The number of halogens is 1. The molecule has 1 heterocycles. The molecule has 1 saturated heterocycles. The van der Waals surface area contributed by atoms with E-state index in [0.29, 0.717) is 37.5 Å². The number of anilines is 1. The number of hydrogen-bond donors (Lipinski definition) is 0. The normalized spacial score (nSPS) is 13.9. The first kappa shape index (κ1) is 19.6. The zero-order valence-electron chi connectivity index (χ0n) is 14.9. The topological polar surface area (TPSA) is 93.0 Å². The molecule has 9 heteroatoms. The summed E-state index contributed by atoms with van der Waals surface area (Å²) in [5.74, 6) is -0.291. The van der Waals surface area contributed by atoms with Crippen molar-refractivity contribution in [1.29, 1.82) is 0 Å². The van der Waals surface area contributed by atoms with Gasteiger partial charge in [0.25, 0.3) is 5.91 Å². The Bertz CT molecular complexity index is 897. The number of hydrogen-bond acceptors (Lipinski definition) is 6. The number of amides is 1. The first-order chi connectivity index (χ1) is 13.5. The van der Waals surface area contributed by atoms with Crippen molar-refractivity contribution in [2.45, 2.75) is 0 Å². The monoisotopic (exact) mass is 403 g/mol. The quantitative estimate of drug-likeness (QED) is 0.418. The number of nitro groups is 1. The van der Waals surface area contributed by atoms with E-state index in [4.69, 9.17) is 16.3 Å². The summed E-state index contributed by atoms with van der Waals surface area (Å²) < 4.78 is 5.36. The molecule has 0 saturated carbocycles. The van der Waals surface area contributed by atoms with Gasteiger partial charge in [-0.05, 0) is 30.3 Å². The highest BCUT2D eigenvalue weighted by Crippen LogP contribution is 2.27. The summed E-state index contributed by atoms with van der Waals surface area (Å²) in [7, 11) is 0. The lowest BCUT2D eigenvalue weighted by atomic mass is 10.2. The van der Waals surface area contributed by atoms with Crippen molar-refractivity contribution in [3.8, 4) is 5.75 Å². The molecule has 0 aromatic heterocycles. The van der Waals surface area contributed by atoms with E-state index in [-0.39, 0.29) is 29.5 Å². The fourth-order valence-corrected chi connectivity index (χ4v) is 3.17. The minimum absolute atomic E-state index is 0.0403. The van der Waals surface area contributed by atoms with Gasteiger partial charge in [0.2, 0.25) is 0 Å². The van der Waals surface area contributed by atoms with Gasteiger partial charge in [-0.25, -0.2) is 0 Å². The SMILES string of the molecule is O=Cc1ccc(OCC(=O)N2CCN(c3cccc(Cl)c3)CC2)c([N+](=O)[O-])c1. The van der Waals surface area contributed by atoms with Gasteiger partial charge in [0.15, 0.2) is 12.4 Å². The smallest absolute Gasteiger partial charge is 0.311 e. The standard InChI is InChI=1S/C19H18ClN3O5/c20-15-2-1-3-16(11-15)21-6-8-22(9-7-21)19(25)13-28-18-5-4-14(12-24)10-17(18)23(26)27/h1-5,10-12H,6-9,13H2. The Morgan fingerprint density at radius 3 is 2.57 bits per heavy atom. The molecular formula is C19H18ClN3O5. The molecule has 0 spiro atoms. The van der Waals surface area contributed by atoms with Crippen molar-refractivity contribution < 1.29 is 19.2 Å². The molecule has 2 aromatic carbocycles. The number of ether oxygens (including phenoxy) is 1. The second-order valence-electron chi connectivity index (χ2n) is 6.24. The lowest BCUT2D eigenvalue weighted by Gasteiger charge is -2.36. The summed E-state index contributed by atoms with van der Waals surface area (Å²) in [6, 6.07) is 11.4. The predicted octanol–water partition coefficient (Wildman–Crippen LogP) is 2.79. The van der Waals surface area contributed by atoms with Gasteiger partial charge >= 0.3 is 5.69 Å². The number of carbonyl (C=O) groups is 2. The van der Waals surface area contributed by atoms with Gasteiger partial charge in [0, 0.05) is 48.5 Å². The van der Waals surface area contributed by atoms with Gasteiger partial charge in [-0.2, -0.15) is 0 Å². The molecule has 0 radical (unpaired) electrons. The average molecular weight is 404 g/mol. The van der Waals surface area contributed by atoms with Crippen LogP contribution in [0, 0.1) is 10.1 Å². The third-order valence-electron chi connectivity index (χ3n) is 4.47. The molecule has 28 heavy (non-hydrogen) atoms. The zero-order chi connectivity index (χ0) is 20.1. The van der Waals surface area contributed by atoms with Crippen LogP contribution in [-0.2, 0) is 4.79 Å². The van der Waals surface area contributed by atoms with Crippen LogP contribution in [0.3, 0.4) is 0 Å². The second kappa shape index (κ2) is 8.71. The lowest BCUT2D eigenvalue weighted by molar-refractivity contribution is -0.385. The third kappa shape index (κ3) is 4.58. The Morgan fingerprint density at radius 1 is 1.18 bits per heavy atom. The number of piperazine rings is 1. The van der Waals surface area contributed by atoms with Gasteiger partial charge in [-0.3, -0.25) is 19.7 Å². The highest BCUT2D eigenvalue weighted by Gasteiger charge is 2.23. The minimum Gasteiger partial charge on any atom is -0.477 e. The van der Waals surface area contributed by atoms with Crippen LogP contribution in [0.4, 0.5) is 11.4 Å². The van der Waals surface area contributed by atoms with Crippen LogP contribution >= 0.6 is 11.6 Å². The first-order valence-corrected chi connectivity index (χ1v) is 9.00. The molecule has 3 rings (SSSR count). The van der Waals surface area contributed by atoms with Crippen LogP contribution < -0.4 is 9.64 Å². The van der Waals surface area contributed by atoms with E-state index in [0.717, 1.165) is 11.8 Å². The second-order valence-corrected chi connectivity index (χ2v) is 6.67. The number of nitrogens with zero attached hydrogens (tertiary/aromatic N) is 3. The molecule has 2 aromatic rings. The van der Waals surface area contributed by atoms with E-state index in [1.807, 2.05) is 24.3 Å². The summed E-state index contributed by atoms with van der Waals surface area (Å²) in [5.41, 5.74) is 0.826. The van der Waals surface area contributed by atoms with Crippen molar-refractivity contribution in [2.75, 3.05) is 37.7 Å². The molecule has 1 aliphatic heterocycles. The molecule has 8 nitrogen and oxygen atoms in total. The number of nitro benzene ring substituents is 1. The molecular weight excluding hydrogens is 386 g/mol. The Labute approximate surface area is 166 Å².